The van der Waals surface area contributed by atoms with Crippen molar-refractivity contribution < 1.29 is 4.92 Å². The fourth-order valence-corrected chi connectivity index (χ4v) is 2.41. The molecule has 0 saturated heterocycles. The molecule has 2 rings (SSSR count). The Morgan fingerprint density at radius 2 is 1.71 bits per heavy atom. The lowest BCUT2D eigenvalue weighted by atomic mass is 10.0. The third-order valence-electron chi connectivity index (χ3n) is 2.32. The Bertz CT molecular complexity index is 584. The Labute approximate surface area is 115 Å². The Kier molecular flexibility index (Phi) is 3.59. The number of hydrogen-bond donors (Lipinski definition) is 0. The molecule has 0 spiro atoms. The molecule has 2 aromatic carbocycles. The summed E-state index contributed by atoms with van der Waals surface area (Å²) in [5, 5.41) is 11.0. The van der Waals surface area contributed by atoms with Crippen LogP contribution in [0, 0.1) is 10.1 Å². The van der Waals surface area contributed by atoms with Crippen LogP contribution >= 0.6 is 31.9 Å². The molecule has 0 aliphatic heterocycles. The molecule has 0 heterocycles. The highest BCUT2D eigenvalue weighted by Crippen LogP contribution is 2.36. The van der Waals surface area contributed by atoms with Gasteiger partial charge >= 0.3 is 0 Å². The summed E-state index contributed by atoms with van der Waals surface area (Å²) in [7, 11) is 0. The van der Waals surface area contributed by atoms with Gasteiger partial charge in [0.15, 0.2) is 0 Å². The summed E-state index contributed by atoms with van der Waals surface area (Å²) in [5.41, 5.74) is 1.50. The van der Waals surface area contributed by atoms with Crippen molar-refractivity contribution in [3.05, 3.63) is 61.5 Å². The van der Waals surface area contributed by atoms with Gasteiger partial charge in [0.25, 0.3) is 5.69 Å². The summed E-state index contributed by atoms with van der Waals surface area (Å²) in [4.78, 5) is 10.7. The van der Waals surface area contributed by atoms with Crippen LogP contribution in [0.5, 0.6) is 0 Å². The maximum absolute atomic E-state index is 11.0. The zero-order valence-electron chi connectivity index (χ0n) is 8.56. The van der Waals surface area contributed by atoms with Crippen LogP contribution in [-0.2, 0) is 0 Å². The zero-order valence-corrected chi connectivity index (χ0v) is 11.7. The first kappa shape index (κ1) is 12.3. The van der Waals surface area contributed by atoms with Crippen LogP contribution in [0.15, 0.2) is 51.4 Å². The number of halogens is 2. The molecule has 2 aromatic rings. The number of rotatable bonds is 2. The van der Waals surface area contributed by atoms with E-state index in [1.807, 2.05) is 24.3 Å². The third kappa shape index (κ3) is 2.56. The van der Waals surface area contributed by atoms with Crippen LogP contribution in [0.1, 0.15) is 0 Å². The SMILES string of the molecule is O=[N+]([O-])c1cc(Br)ccc1-c1ccccc1Br. The average Bonchev–Trinajstić information content (AvgIpc) is 2.30. The minimum Gasteiger partial charge on any atom is -0.258 e. The van der Waals surface area contributed by atoms with Gasteiger partial charge in [0, 0.05) is 20.6 Å². The molecule has 86 valence electrons. The molecule has 0 aromatic heterocycles. The minimum absolute atomic E-state index is 0.0891. The highest BCUT2D eigenvalue weighted by Gasteiger charge is 2.17. The molecule has 0 amide bonds. The predicted molar refractivity (Wildman–Crippen MR) is 73.9 cm³/mol. The van der Waals surface area contributed by atoms with Gasteiger partial charge in [0.1, 0.15) is 0 Å². The molecule has 0 aliphatic carbocycles. The molecule has 0 unspecified atom stereocenters. The first-order valence-electron chi connectivity index (χ1n) is 4.78. The second-order valence-electron chi connectivity index (χ2n) is 3.40. The Morgan fingerprint density at radius 1 is 1.00 bits per heavy atom. The van der Waals surface area contributed by atoms with Crippen LogP contribution in [-0.4, -0.2) is 4.92 Å². The lowest BCUT2D eigenvalue weighted by Crippen LogP contribution is -1.92. The van der Waals surface area contributed by atoms with E-state index >= 15 is 0 Å². The van der Waals surface area contributed by atoms with Gasteiger partial charge in [-0.1, -0.05) is 50.1 Å². The fourth-order valence-electron chi connectivity index (χ4n) is 1.56. The maximum atomic E-state index is 11.0. The summed E-state index contributed by atoms with van der Waals surface area (Å²) < 4.78 is 1.53. The normalized spacial score (nSPS) is 10.2. The van der Waals surface area contributed by atoms with E-state index in [4.69, 9.17) is 0 Å². The van der Waals surface area contributed by atoms with E-state index in [1.165, 1.54) is 6.07 Å². The lowest BCUT2D eigenvalue weighted by Gasteiger charge is -2.05. The Morgan fingerprint density at radius 3 is 2.35 bits per heavy atom. The molecule has 0 fully saturated rings. The van der Waals surface area contributed by atoms with Gasteiger partial charge in [-0.2, -0.15) is 0 Å². The van der Waals surface area contributed by atoms with E-state index < -0.39 is 0 Å². The van der Waals surface area contributed by atoms with Gasteiger partial charge in [-0.15, -0.1) is 0 Å². The van der Waals surface area contributed by atoms with E-state index in [0.717, 1.165) is 10.0 Å². The standard InChI is InChI=1S/C12H7Br2NO2/c13-8-5-6-10(12(7-8)15(16)17)9-3-1-2-4-11(9)14/h1-7H. The predicted octanol–water partition coefficient (Wildman–Crippen LogP) is 4.79. The minimum atomic E-state index is -0.375. The van der Waals surface area contributed by atoms with Crippen LogP contribution in [0.25, 0.3) is 11.1 Å². The second-order valence-corrected chi connectivity index (χ2v) is 5.17. The van der Waals surface area contributed by atoms with Crippen LogP contribution in [0.2, 0.25) is 0 Å². The van der Waals surface area contributed by atoms with Gasteiger partial charge in [-0.25, -0.2) is 0 Å². The van der Waals surface area contributed by atoms with E-state index in [9.17, 15) is 10.1 Å². The lowest BCUT2D eigenvalue weighted by molar-refractivity contribution is -0.384. The molecule has 0 atom stereocenters. The molecule has 17 heavy (non-hydrogen) atoms. The summed E-state index contributed by atoms with van der Waals surface area (Å²) in [6.45, 7) is 0. The topological polar surface area (TPSA) is 43.1 Å². The van der Waals surface area contributed by atoms with E-state index in [1.54, 1.807) is 12.1 Å². The molecule has 0 N–H and O–H groups in total. The molecule has 5 heteroatoms. The first-order valence-corrected chi connectivity index (χ1v) is 6.37. The van der Waals surface area contributed by atoms with Gasteiger partial charge in [0.05, 0.1) is 10.5 Å². The summed E-state index contributed by atoms with van der Waals surface area (Å²) in [6, 6.07) is 12.5. The zero-order chi connectivity index (χ0) is 12.4. The van der Waals surface area contributed by atoms with Crippen LogP contribution < -0.4 is 0 Å². The van der Waals surface area contributed by atoms with Crippen molar-refractivity contribution in [1.29, 1.82) is 0 Å². The monoisotopic (exact) mass is 355 g/mol. The van der Waals surface area contributed by atoms with Gasteiger partial charge in [0.2, 0.25) is 0 Å². The Balaban J connectivity index is 2.68. The maximum Gasteiger partial charge on any atom is 0.278 e. The smallest absolute Gasteiger partial charge is 0.258 e. The number of nitrogens with zero attached hydrogens (tertiary/aromatic N) is 1. The molecule has 0 saturated carbocycles. The van der Waals surface area contributed by atoms with Crippen LogP contribution in [0.4, 0.5) is 5.69 Å². The van der Waals surface area contributed by atoms with Crippen molar-refractivity contribution in [3.8, 4) is 11.1 Å². The summed E-state index contributed by atoms with van der Waals surface area (Å²) in [5.74, 6) is 0. The largest absolute Gasteiger partial charge is 0.278 e. The van der Waals surface area contributed by atoms with Gasteiger partial charge < -0.3 is 0 Å². The number of nitro benzene ring substituents is 1. The molecule has 0 bridgehead atoms. The number of nitro groups is 1. The molecule has 3 nitrogen and oxygen atoms in total. The highest BCUT2D eigenvalue weighted by molar-refractivity contribution is 9.10. The summed E-state index contributed by atoms with van der Waals surface area (Å²) >= 11 is 6.64. The van der Waals surface area contributed by atoms with Gasteiger partial charge in [-0.3, -0.25) is 10.1 Å². The summed E-state index contributed by atoms with van der Waals surface area (Å²) in [6.07, 6.45) is 0. The first-order chi connectivity index (χ1) is 8.09. The van der Waals surface area contributed by atoms with Crippen LogP contribution in [0.3, 0.4) is 0 Å². The van der Waals surface area contributed by atoms with Crippen molar-refractivity contribution in [3.63, 3.8) is 0 Å². The molecule has 0 aliphatic rings. The fraction of sp³-hybridized carbons (Fsp3) is 0. The van der Waals surface area contributed by atoms with Crippen molar-refractivity contribution in [2.75, 3.05) is 0 Å². The third-order valence-corrected chi connectivity index (χ3v) is 3.51. The van der Waals surface area contributed by atoms with E-state index in [-0.39, 0.29) is 10.6 Å². The molecular weight excluding hydrogens is 350 g/mol. The second kappa shape index (κ2) is 4.98. The van der Waals surface area contributed by atoms with Crippen molar-refractivity contribution in [1.82, 2.24) is 0 Å². The number of hydrogen-bond acceptors (Lipinski definition) is 2. The molecular formula is C12H7Br2NO2. The van der Waals surface area contributed by atoms with E-state index in [2.05, 4.69) is 31.9 Å². The molecule has 0 radical (unpaired) electrons. The number of benzene rings is 2. The van der Waals surface area contributed by atoms with Crippen molar-refractivity contribution in [2.45, 2.75) is 0 Å². The Hall–Kier alpha value is -1.20. The van der Waals surface area contributed by atoms with Gasteiger partial charge in [-0.05, 0) is 18.2 Å². The highest BCUT2D eigenvalue weighted by atomic mass is 79.9. The quantitative estimate of drug-likeness (QED) is 0.573. The van der Waals surface area contributed by atoms with Crippen molar-refractivity contribution in [2.24, 2.45) is 0 Å². The van der Waals surface area contributed by atoms with E-state index in [0.29, 0.717) is 10.0 Å². The van der Waals surface area contributed by atoms with Crippen molar-refractivity contribution >= 4 is 37.5 Å². The average molecular weight is 357 g/mol.